The normalized spacial score (nSPS) is 10.8. The highest BCUT2D eigenvalue weighted by molar-refractivity contribution is 6.99. The van der Waals surface area contributed by atoms with Crippen LogP contribution in [0.15, 0.2) is 54.6 Å². The lowest BCUT2D eigenvalue weighted by atomic mass is 10.1. The number of nitrogens with zero attached hydrogens (tertiary/aromatic N) is 4. The third-order valence-corrected chi connectivity index (χ3v) is 5.97. The Balaban J connectivity index is 1.38. The molecule has 0 atom stereocenters. The van der Waals surface area contributed by atoms with E-state index >= 15 is 0 Å². The highest BCUT2D eigenvalue weighted by Crippen LogP contribution is 2.22. The van der Waals surface area contributed by atoms with Gasteiger partial charge >= 0.3 is 0 Å². The zero-order valence-corrected chi connectivity index (χ0v) is 19.1. The Kier molecular flexibility index (Phi) is 6.61. The number of hydrogen-bond acceptors (Lipinski definition) is 6. The van der Waals surface area contributed by atoms with Gasteiger partial charge in [-0.1, -0.05) is 30.3 Å². The topological polar surface area (TPSA) is 81.9 Å². The van der Waals surface area contributed by atoms with Gasteiger partial charge in [0.05, 0.1) is 34.5 Å². The predicted molar refractivity (Wildman–Crippen MR) is 125 cm³/mol. The summed E-state index contributed by atoms with van der Waals surface area (Å²) in [4.78, 5) is 12.8. The van der Waals surface area contributed by atoms with Gasteiger partial charge in [-0.15, -0.1) is 0 Å². The lowest BCUT2D eigenvalue weighted by molar-refractivity contribution is 0.102. The minimum Gasteiger partial charge on any atom is -0.487 e. The molecule has 0 fully saturated rings. The van der Waals surface area contributed by atoms with Gasteiger partial charge < -0.3 is 10.1 Å². The number of aromatic nitrogens is 4. The van der Waals surface area contributed by atoms with Crippen molar-refractivity contribution in [1.29, 1.82) is 0 Å². The number of aryl methyl sites for hydroxylation is 4. The van der Waals surface area contributed by atoms with Crippen LogP contribution in [0.4, 0.5) is 5.69 Å². The third kappa shape index (κ3) is 5.03. The van der Waals surface area contributed by atoms with Crippen LogP contribution < -0.4 is 10.1 Å². The molecule has 0 bridgehead atoms. The van der Waals surface area contributed by atoms with E-state index in [4.69, 9.17) is 4.74 Å². The summed E-state index contributed by atoms with van der Waals surface area (Å²) in [6.07, 6.45) is 0.883. The molecule has 7 nitrogen and oxygen atoms in total. The molecule has 2 heterocycles. The number of hydrogen-bond donors (Lipinski definition) is 1. The first-order chi connectivity index (χ1) is 15.5. The largest absolute Gasteiger partial charge is 0.487 e. The second-order valence-electron chi connectivity index (χ2n) is 7.57. The van der Waals surface area contributed by atoms with Gasteiger partial charge in [-0.3, -0.25) is 9.48 Å². The van der Waals surface area contributed by atoms with Crippen LogP contribution in [0.25, 0.3) is 0 Å². The minimum atomic E-state index is -0.176. The first-order valence-corrected chi connectivity index (χ1v) is 11.1. The second-order valence-corrected chi connectivity index (χ2v) is 8.10. The number of carbonyl (C=O) groups excluding carboxylic acids is 1. The van der Waals surface area contributed by atoms with Gasteiger partial charge in [0.25, 0.3) is 5.91 Å². The highest BCUT2D eigenvalue weighted by Gasteiger charge is 2.15. The fourth-order valence-electron chi connectivity index (χ4n) is 3.40. The van der Waals surface area contributed by atoms with Gasteiger partial charge in [0.15, 0.2) is 0 Å². The summed E-state index contributed by atoms with van der Waals surface area (Å²) in [5, 5.41) is 7.63. The standard InChI is InChI=1S/C24H25N5O2S/c1-16-22(28-32-27-16)15-31-21-11-9-20(10-12-21)24(30)25-23-17(2)26-29(18(23)3)14-13-19-7-5-4-6-8-19/h4-12H,13-15H2,1-3H3,(H,25,30). The molecule has 4 rings (SSSR count). The van der Waals surface area contributed by atoms with Crippen LogP contribution in [0, 0.1) is 20.8 Å². The van der Waals surface area contributed by atoms with Gasteiger partial charge in [-0.05, 0) is 57.0 Å². The third-order valence-electron chi connectivity index (χ3n) is 5.31. The summed E-state index contributed by atoms with van der Waals surface area (Å²) in [5.41, 5.74) is 6.02. The van der Waals surface area contributed by atoms with Crippen molar-refractivity contribution in [3.05, 3.63) is 88.5 Å². The van der Waals surface area contributed by atoms with Gasteiger partial charge in [0.2, 0.25) is 0 Å². The van der Waals surface area contributed by atoms with Crippen molar-refractivity contribution in [2.45, 2.75) is 40.3 Å². The smallest absolute Gasteiger partial charge is 0.255 e. The number of rotatable bonds is 8. The summed E-state index contributed by atoms with van der Waals surface area (Å²) >= 11 is 1.17. The van der Waals surface area contributed by atoms with E-state index in [9.17, 15) is 4.79 Å². The molecule has 0 unspecified atom stereocenters. The zero-order chi connectivity index (χ0) is 22.5. The summed E-state index contributed by atoms with van der Waals surface area (Å²) in [5.74, 6) is 0.500. The molecule has 0 aliphatic heterocycles. The van der Waals surface area contributed by atoms with Crippen LogP contribution in [0.1, 0.15) is 38.7 Å². The van der Waals surface area contributed by atoms with Crippen molar-refractivity contribution in [2.24, 2.45) is 0 Å². The molecule has 0 spiro atoms. The van der Waals surface area contributed by atoms with Gasteiger partial charge in [0.1, 0.15) is 18.1 Å². The maximum atomic E-state index is 12.8. The van der Waals surface area contributed by atoms with Crippen molar-refractivity contribution in [3.8, 4) is 5.75 Å². The molecule has 2 aromatic heterocycles. The predicted octanol–water partition coefficient (Wildman–Crippen LogP) is 4.73. The first kappa shape index (κ1) is 21.7. The molecule has 0 saturated heterocycles. The lowest BCUT2D eigenvalue weighted by Crippen LogP contribution is -2.13. The average Bonchev–Trinajstić information content (AvgIpc) is 3.34. The van der Waals surface area contributed by atoms with Gasteiger partial charge in [-0.25, -0.2) is 0 Å². The van der Waals surface area contributed by atoms with Crippen molar-refractivity contribution in [2.75, 3.05) is 5.32 Å². The fourth-order valence-corrected chi connectivity index (χ4v) is 3.95. The summed E-state index contributed by atoms with van der Waals surface area (Å²) in [7, 11) is 0. The van der Waals surface area contributed by atoms with E-state index in [1.54, 1.807) is 24.3 Å². The number of benzene rings is 2. The molecule has 2 aromatic carbocycles. The number of amides is 1. The Bertz CT molecular complexity index is 1200. The Morgan fingerprint density at radius 3 is 2.44 bits per heavy atom. The molecule has 1 N–H and O–H groups in total. The number of ether oxygens (including phenoxy) is 1. The molecule has 32 heavy (non-hydrogen) atoms. The first-order valence-electron chi connectivity index (χ1n) is 10.4. The van der Waals surface area contributed by atoms with Crippen LogP contribution in [0.2, 0.25) is 0 Å². The van der Waals surface area contributed by atoms with Crippen molar-refractivity contribution in [1.82, 2.24) is 18.5 Å². The van der Waals surface area contributed by atoms with E-state index in [-0.39, 0.29) is 5.91 Å². The maximum Gasteiger partial charge on any atom is 0.255 e. The summed E-state index contributed by atoms with van der Waals surface area (Å²) in [6, 6.07) is 17.4. The SMILES string of the molecule is Cc1nsnc1COc1ccc(C(=O)Nc2c(C)nn(CCc3ccccc3)c2C)cc1. The quantitative estimate of drug-likeness (QED) is 0.422. The Hall–Kier alpha value is -3.52. The zero-order valence-electron chi connectivity index (χ0n) is 18.3. The summed E-state index contributed by atoms with van der Waals surface area (Å²) < 4.78 is 16.0. The van der Waals surface area contributed by atoms with Gasteiger partial charge in [-0.2, -0.15) is 13.8 Å². The van der Waals surface area contributed by atoms with Crippen molar-refractivity contribution < 1.29 is 9.53 Å². The number of carbonyl (C=O) groups is 1. The van der Waals surface area contributed by atoms with Gasteiger partial charge in [0, 0.05) is 12.1 Å². The Morgan fingerprint density at radius 1 is 1.00 bits per heavy atom. The van der Waals surface area contributed by atoms with Crippen LogP contribution in [0.5, 0.6) is 5.75 Å². The van der Waals surface area contributed by atoms with E-state index in [1.807, 2.05) is 43.7 Å². The molecule has 1 amide bonds. The molecule has 8 heteroatoms. The van der Waals surface area contributed by atoms with Crippen LogP contribution in [0.3, 0.4) is 0 Å². The molecule has 164 valence electrons. The van der Waals surface area contributed by atoms with Crippen molar-refractivity contribution >= 4 is 23.3 Å². The molecular weight excluding hydrogens is 422 g/mol. The fraction of sp³-hybridized carbons (Fsp3) is 0.250. The van der Waals surface area contributed by atoms with E-state index in [0.717, 1.165) is 41.4 Å². The van der Waals surface area contributed by atoms with E-state index in [0.29, 0.717) is 17.9 Å². The molecule has 0 aliphatic rings. The van der Waals surface area contributed by atoms with Crippen LogP contribution >= 0.6 is 11.7 Å². The molecule has 0 saturated carbocycles. The molecule has 0 aliphatic carbocycles. The summed E-state index contributed by atoms with van der Waals surface area (Å²) in [6.45, 7) is 6.91. The Morgan fingerprint density at radius 2 is 1.75 bits per heavy atom. The molecule has 0 radical (unpaired) electrons. The van der Waals surface area contributed by atoms with E-state index in [1.165, 1.54) is 17.3 Å². The van der Waals surface area contributed by atoms with E-state index in [2.05, 4.69) is 31.3 Å². The number of nitrogens with one attached hydrogen (secondary N) is 1. The monoisotopic (exact) mass is 447 g/mol. The van der Waals surface area contributed by atoms with Crippen molar-refractivity contribution in [3.63, 3.8) is 0 Å². The Labute approximate surface area is 191 Å². The molecule has 4 aromatic rings. The van der Waals surface area contributed by atoms with Crippen LogP contribution in [-0.2, 0) is 19.6 Å². The average molecular weight is 448 g/mol. The molecular formula is C24H25N5O2S. The maximum absolute atomic E-state index is 12.8. The lowest BCUT2D eigenvalue weighted by Gasteiger charge is -2.09. The van der Waals surface area contributed by atoms with E-state index < -0.39 is 0 Å². The number of anilines is 1. The highest BCUT2D eigenvalue weighted by atomic mass is 32.1. The second kappa shape index (κ2) is 9.74. The minimum absolute atomic E-state index is 0.176. The van der Waals surface area contributed by atoms with Crippen LogP contribution in [-0.4, -0.2) is 24.4 Å².